The van der Waals surface area contributed by atoms with E-state index < -0.39 is 0 Å². The molecular weight excluding hydrogens is 358 g/mol. The summed E-state index contributed by atoms with van der Waals surface area (Å²) in [6, 6.07) is 31.1. The molecule has 3 aromatic carbocycles. The second kappa shape index (κ2) is 7.82. The maximum atomic E-state index is 13.3. The van der Waals surface area contributed by atoms with Crippen molar-refractivity contribution in [1.29, 1.82) is 0 Å². The van der Waals surface area contributed by atoms with Crippen LogP contribution in [0, 0.1) is 0 Å². The van der Waals surface area contributed by atoms with Crippen LogP contribution in [0.4, 0.5) is 0 Å². The van der Waals surface area contributed by atoms with Gasteiger partial charge in [-0.15, -0.1) is 0 Å². The zero-order valence-corrected chi connectivity index (χ0v) is 16.2. The number of carbonyl (C=O) groups is 1. The first kappa shape index (κ1) is 18.1. The highest BCUT2D eigenvalue weighted by Gasteiger charge is 2.47. The number of fused-ring (bicyclic) bond motifs is 1. The third-order valence-corrected chi connectivity index (χ3v) is 6.01. The number of hydrogen-bond acceptors (Lipinski definition) is 3. The molecule has 4 atom stereocenters. The second-order valence-corrected chi connectivity index (χ2v) is 7.86. The van der Waals surface area contributed by atoms with Gasteiger partial charge in [-0.2, -0.15) is 0 Å². The Morgan fingerprint density at radius 3 is 2.00 bits per heavy atom. The van der Waals surface area contributed by atoms with Crippen molar-refractivity contribution in [2.45, 2.75) is 30.7 Å². The average Bonchev–Trinajstić information content (AvgIpc) is 3.10. The molecule has 2 fully saturated rings. The van der Waals surface area contributed by atoms with Gasteiger partial charge in [0.15, 0.2) is 0 Å². The summed E-state index contributed by atoms with van der Waals surface area (Å²) < 4.78 is 0. The van der Waals surface area contributed by atoms with E-state index in [2.05, 4.69) is 71.3 Å². The molecule has 2 saturated heterocycles. The molecule has 4 nitrogen and oxygen atoms in total. The molecule has 2 N–H and O–H groups in total. The summed E-state index contributed by atoms with van der Waals surface area (Å²) in [5, 5.41) is 7.43. The van der Waals surface area contributed by atoms with Crippen molar-refractivity contribution < 1.29 is 4.79 Å². The molecular formula is C25H25N3O. The van der Waals surface area contributed by atoms with E-state index in [1.54, 1.807) is 0 Å². The Morgan fingerprint density at radius 1 is 0.759 bits per heavy atom. The van der Waals surface area contributed by atoms with E-state index in [9.17, 15) is 4.79 Å². The van der Waals surface area contributed by atoms with Gasteiger partial charge in [0.05, 0.1) is 18.1 Å². The lowest BCUT2D eigenvalue weighted by atomic mass is 9.96. The number of amides is 1. The topological polar surface area (TPSA) is 44.4 Å². The predicted molar refractivity (Wildman–Crippen MR) is 114 cm³/mol. The minimum absolute atomic E-state index is 0.0416. The van der Waals surface area contributed by atoms with Gasteiger partial charge in [-0.05, 0) is 23.1 Å². The number of piperazine rings is 1. The average molecular weight is 383 g/mol. The molecule has 0 saturated carbocycles. The SMILES string of the molecule is O=C1C(Cc2ccccc2)NC2C(c3ccccc3)NC(c3ccccc3)CN12. The lowest BCUT2D eigenvalue weighted by Crippen LogP contribution is -2.55. The van der Waals surface area contributed by atoms with Crippen LogP contribution in [0.15, 0.2) is 91.0 Å². The third-order valence-electron chi connectivity index (χ3n) is 6.01. The molecule has 2 aliphatic rings. The van der Waals surface area contributed by atoms with Gasteiger partial charge in [0.1, 0.15) is 6.17 Å². The van der Waals surface area contributed by atoms with Crippen molar-refractivity contribution in [1.82, 2.24) is 15.5 Å². The Kier molecular flexibility index (Phi) is 4.88. The fourth-order valence-corrected chi connectivity index (χ4v) is 4.56. The van der Waals surface area contributed by atoms with Crippen LogP contribution < -0.4 is 10.6 Å². The van der Waals surface area contributed by atoms with Crippen molar-refractivity contribution in [2.24, 2.45) is 0 Å². The fourth-order valence-electron chi connectivity index (χ4n) is 4.56. The van der Waals surface area contributed by atoms with Crippen LogP contribution in [-0.4, -0.2) is 29.6 Å². The molecule has 0 aliphatic carbocycles. The highest BCUT2D eigenvalue weighted by Crippen LogP contribution is 2.34. The van der Waals surface area contributed by atoms with Crippen molar-refractivity contribution in [3.05, 3.63) is 108 Å². The minimum Gasteiger partial charge on any atom is -0.322 e. The smallest absolute Gasteiger partial charge is 0.241 e. The van der Waals surface area contributed by atoms with Gasteiger partial charge in [-0.3, -0.25) is 15.4 Å². The van der Waals surface area contributed by atoms with Crippen LogP contribution in [0.25, 0.3) is 0 Å². The molecule has 1 amide bonds. The molecule has 3 aromatic rings. The molecule has 29 heavy (non-hydrogen) atoms. The van der Waals surface area contributed by atoms with Crippen molar-refractivity contribution in [2.75, 3.05) is 6.54 Å². The number of carbonyl (C=O) groups excluding carboxylic acids is 1. The largest absolute Gasteiger partial charge is 0.322 e. The first-order chi connectivity index (χ1) is 14.3. The lowest BCUT2D eigenvalue weighted by molar-refractivity contribution is -0.132. The number of hydrogen-bond donors (Lipinski definition) is 2. The summed E-state index contributed by atoms with van der Waals surface area (Å²) in [5.41, 5.74) is 3.59. The first-order valence-corrected chi connectivity index (χ1v) is 10.3. The number of nitrogens with one attached hydrogen (secondary N) is 2. The Hall–Kier alpha value is -2.95. The standard InChI is InChI=1S/C25H25N3O/c29-25-21(16-18-10-4-1-5-11-18)27-24-23(20-14-8-3-9-15-20)26-22(17-28(24)25)19-12-6-2-7-13-19/h1-15,21-24,26-27H,16-17H2. The van der Waals surface area contributed by atoms with Crippen LogP contribution in [0.2, 0.25) is 0 Å². The van der Waals surface area contributed by atoms with Gasteiger partial charge >= 0.3 is 0 Å². The van der Waals surface area contributed by atoms with Crippen LogP contribution in [0.5, 0.6) is 0 Å². The van der Waals surface area contributed by atoms with E-state index in [4.69, 9.17) is 0 Å². The van der Waals surface area contributed by atoms with Crippen molar-refractivity contribution in [3.63, 3.8) is 0 Å². The summed E-state index contributed by atoms with van der Waals surface area (Å²) in [7, 11) is 0. The Labute approximate surface area is 171 Å². The molecule has 2 aliphatic heterocycles. The highest BCUT2D eigenvalue weighted by atomic mass is 16.2. The second-order valence-electron chi connectivity index (χ2n) is 7.86. The third kappa shape index (κ3) is 3.57. The summed E-state index contributed by atoms with van der Waals surface area (Å²) in [6.45, 7) is 0.676. The highest BCUT2D eigenvalue weighted by molar-refractivity contribution is 5.85. The quantitative estimate of drug-likeness (QED) is 0.725. The molecule has 0 radical (unpaired) electrons. The Morgan fingerprint density at radius 2 is 1.34 bits per heavy atom. The summed E-state index contributed by atoms with van der Waals surface area (Å²) in [4.78, 5) is 15.4. The zero-order valence-electron chi connectivity index (χ0n) is 16.2. The minimum atomic E-state index is -0.190. The monoisotopic (exact) mass is 383 g/mol. The molecule has 0 aromatic heterocycles. The summed E-state index contributed by atoms with van der Waals surface area (Å²) >= 11 is 0. The van der Waals surface area contributed by atoms with Gasteiger partial charge in [0.25, 0.3) is 0 Å². The van der Waals surface area contributed by atoms with Gasteiger partial charge in [0, 0.05) is 6.54 Å². The van der Waals surface area contributed by atoms with Crippen LogP contribution in [-0.2, 0) is 11.2 Å². The maximum absolute atomic E-state index is 13.3. The van der Waals surface area contributed by atoms with E-state index in [0.717, 1.165) is 0 Å². The number of nitrogens with zero attached hydrogens (tertiary/aromatic N) is 1. The van der Waals surface area contributed by atoms with Crippen LogP contribution >= 0.6 is 0 Å². The van der Waals surface area contributed by atoms with Crippen LogP contribution in [0.1, 0.15) is 28.8 Å². The normalized spacial score (nSPS) is 26.3. The lowest BCUT2D eigenvalue weighted by Gasteiger charge is -2.42. The number of rotatable bonds is 4. The molecule has 4 unspecified atom stereocenters. The van der Waals surface area contributed by atoms with E-state index >= 15 is 0 Å². The van der Waals surface area contributed by atoms with Crippen molar-refractivity contribution in [3.8, 4) is 0 Å². The van der Waals surface area contributed by atoms with Gasteiger partial charge < -0.3 is 4.90 Å². The summed E-state index contributed by atoms with van der Waals surface area (Å²) in [6.07, 6.45) is 0.670. The summed E-state index contributed by atoms with van der Waals surface area (Å²) in [5.74, 6) is 0.196. The fraction of sp³-hybridized carbons (Fsp3) is 0.240. The van der Waals surface area contributed by atoms with Gasteiger partial charge in [-0.25, -0.2) is 0 Å². The van der Waals surface area contributed by atoms with E-state index in [1.165, 1.54) is 16.7 Å². The van der Waals surface area contributed by atoms with Crippen molar-refractivity contribution >= 4 is 5.91 Å². The maximum Gasteiger partial charge on any atom is 0.241 e. The molecule has 5 rings (SSSR count). The predicted octanol–water partition coefficient (Wildman–Crippen LogP) is 3.44. The molecule has 146 valence electrons. The van der Waals surface area contributed by atoms with E-state index in [0.29, 0.717) is 13.0 Å². The first-order valence-electron chi connectivity index (χ1n) is 10.3. The molecule has 4 heteroatoms. The molecule has 0 spiro atoms. The Balaban J connectivity index is 1.45. The van der Waals surface area contributed by atoms with E-state index in [-0.39, 0.29) is 30.2 Å². The molecule has 2 heterocycles. The van der Waals surface area contributed by atoms with Crippen LogP contribution in [0.3, 0.4) is 0 Å². The van der Waals surface area contributed by atoms with Gasteiger partial charge in [-0.1, -0.05) is 91.0 Å². The van der Waals surface area contributed by atoms with E-state index in [1.807, 2.05) is 35.2 Å². The number of benzene rings is 3. The Bertz CT molecular complexity index is 961. The molecule has 0 bridgehead atoms. The zero-order chi connectivity index (χ0) is 19.6. The van der Waals surface area contributed by atoms with Gasteiger partial charge in [0.2, 0.25) is 5.91 Å².